The first-order chi connectivity index (χ1) is 11.1. The van der Waals surface area contributed by atoms with Gasteiger partial charge in [-0.3, -0.25) is 0 Å². The Hall–Kier alpha value is -0.900. The van der Waals surface area contributed by atoms with Crippen LogP contribution in [0.25, 0.3) is 0 Å². The summed E-state index contributed by atoms with van der Waals surface area (Å²) in [5, 5.41) is 0. The van der Waals surface area contributed by atoms with Crippen LogP contribution in [0.2, 0.25) is 0 Å². The lowest BCUT2D eigenvalue weighted by atomic mass is 9.83. The van der Waals surface area contributed by atoms with Gasteiger partial charge in [0.05, 0.1) is 19.3 Å². The molecular formula is C20H31NO2. The first kappa shape index (κ1) is 16.9. The third-order valence-corrected chi connectivity index (χ3v) is 5.30. The number of hydrogen-bond donors (Lipinski definition) is 0. The second-order valence-corrected chi connectivity index (χ2v) is 7.79. The maximum Gasteiger partial charge on any atom is 0.0599 e. The normalized spacial score (nSPS) is 24.2. The Kier molecular flexibility index (Phi) is 5.73. The van der Waals surface area contributed by atoms with Crippen molar-refractivity contribution in [1.29, 1.82) is 0 Å². The highest BCUT2D eigenvalue weighted by atomic mass is 16.5. The Morgan fingerprint density at radius 2 is 1.87 bits per heavy atom. The Labute approximate surface area is 141 Å². The third kappa shape index (κ3) is 4.79. The molecule has 3 rings (SSSR count). The molecule has 0 aliphatic carbocycles. The van der Waals surface area contributed by atoms with Crippen LogP contribution in [0.5, 0.6) is 0 Å². The van der Waals surface area contributed by atoms with E-state index in [9.17, 15) is 0 Å². The Morgan fingerprint density at radius 3 is 2.52 bits per heavy atom. The molecule has 2 fully saturated rings. The number of hydrogen-bond acceptors (Lipinski definition) is 3. The number of likely N-dealkylation sites (tertiary alicyclic amines) is 1. The van der Waals surface area contributed by atoms with Crippen molar-refractivity contribution in [1.82, 2.24) is 4.90 Å². The van der Waals surface area contributed by atoms with E-state index in [1.54, 1.807) is 0 Å². The monoisotopic (exact) mass is 317 g/mol. The molecular weight excluding hydrogens is 286 g/mol. The minimum absolute atomic E-state index is 0.205. The van der Waals surface area contributed by atoms with Crippen molar-refractivity contribution in [2.45, 2.75) is 44.6 Å². The Balaban J connectivity index is 1.42. The second-order valence-electron chi connectivity index (χ2n) is 7.79. The topological polar surface area (TPSA) is 21.7 Å². The Bertz CT molecular complexity index is 460. The van der Waals surface area contributed by atoms with Crippen molar-refractivity contribution in [3.63, 3.8) is 0 Å². The van der Waals surface area contributed by atoms with Crippen LogP contribution >= 0.6 is 0 Å². The van der Waals surface area contributed by atoms with Gasteiger partial charge in [-0.25, -0.2) is 0 Å². The first-order valence-corrected chi connectivity index (χ1v) is 9.11. The predicted molar refractivity (Wildman–Crippen MR) is 93.8 cm³/mol. The highest BCUT2D eigenvalue weighted by Gasteiger charge is 2.28. The molecule has 0 radical (unpaired) electrons. The van der Waals surface area contributed by atoms with Crippen LogP contribution in [-0.4, -0.2) is 50.5 Å². The molecule has 1 aromatic rings. The molecule has 2 aliphatic heterocycles. The fraction of sp³-hybridized carbons (Fsp3) is 0.700. The summed E-state index contributed by atoms with van der Waals surface area (Å²) < 4.78 is 11.5. The lowest BCUT2D eigenvalue weighted by molar-refractivity contribution is -0.0129. The summed E-state index contributed by atoms with van der Waals surface area (Å²) in [4.78, 5) is 2.60. The van der Waals surface area contributed by atoms with Crippen LogP contribution in [0.4, 0.5) is 0 Å². The molecule has 128 valence electrons. The number of rotatable bonds is 6. The molecule has 23 heavy (non-hydrogen) atoms. The summed E-state index contributed by atoms with van der Waals surface area (Å²) in [5.41, 5.74) is 1.63. The number of nitrogens with zero attached hydrogens (tertiary/aromatic N) is 1. The standard InChI is InChI=1S/C20H31NO2/c1-20(2,18-6-4-3-5-7-18)16-21-11-8-19(9-12-21)23-15-17-10-13-22-14-17/h3-7,17,19H,8-16H2,1-2H3/t17-/m1/s1. The first-order valence-electron chi connectivity index (χ1n) is 9.11. The minimum Gasteiger partial charge on any atom is -0.381 e. The maximum atomic E-state index is 6.12. The quantitative estimate of drug-likeness (QED) is 0.802. The van der Waals surface area contributed by atoms with Crippen molar-refractivity contribution in [2.75, 3.05) is 39.5 Å². The van der Waals surface area contributed by atoms with Crippen molar-refractivity contribution < 1.29 is 9.47 Å². The average Bonchev–Trinajstić information content (AvgIpc) is 3.08. The molecule has 2 heterocycles. The summed E-state index contributed by atoms with van der Waals surface area (Å²) in [6.07, 6.45) is 3.95. The zero-order valence-corrected chi connectivity index (χ0v) is 14.7. The van der Waals surface area contributed by atoms with E-state index in [0.717, 1.165) is 39.5 Å². The zero-order chi connectivity index (χ0) is 16.1. The van der Waals surface area contributed by atoms with Gasteiger partial charge in [0.2, 0.25) is 0 Å². The van der Waals surface area contributed by atoms with Gasteiger partial charge in [0.1, 0.15) is 0 Å². The zero-order valence-electron chi connectivity index (χ0n) is 14.7. The largest absolute Gasteiger partial charge is 0.381 e. The highest BCUT2D eigenvalue weighted by Crippen LogP contribution is 2.26. The summed E-state index contributed by atoms with van der Waals surface area (Å²) in [6.45, 7) is 10.8. The fourth-order valence-electron chi connectivity index (χ4n) is 3.76. The fourth-order valence-corrected chi connectivity index (χ4v) is 3.76. The van der Waals surface area contributed by atoms with Gasteiger partial charge in [-0.2, -0.15) is 0 Å². The van der Waals surface area contributed by atoms with Gasteiger partial charge in [-0.05, 0) is 24.8 Å². The molecule has 0 bridgehead atoms. The van der Waals surface area contributed by atoms with Crippen LogP contribution in [0, 0.1) is 5.92 Å². The molecule has 3 heteroatoms. The van der Waals surface area contributed by atoms with Gasteiger partial charge in [-0.1, -0.05) is 44.2 Å². The van der Waals surface area contributed by atoms with Crippen LogP contribution in [0.15, 0.2) is 30.3 Å². The van der Waals surface area contributed by atoms with Crippen molar-refractivity contribution in [2.24, 2.45) is 5.92 Å². The van der Waals surface area contributed by atoms with E-state index in [2.05, 4.69) is 49.1 Å². The molecule has 0 aromatic heterocycles. The molecule has 1 atom stereocenters. The SMILES string of the molecule is CC(C)(CN1CCC(OC[C@@H]2CCOC2)CC1)c1ccccc1. The van der Waals surface area contributed by atoms with E-state index in [0.29, 0.717) is 12.0 Å². The smallest absolute Gasteiger partial charge is 0.0599 e. The summed E-state index contributed by atoms with van der Waals surface area (Å²) in [7, 11) is 0. The summed E-state index contributed by atoms with van der Waals surface area (Å²) >= 11 is 0. The summed E-state index contributed by atoms with van der Waals surface area (Å²) in [5.74, 6) is 0.630. The van der Waals surface area contributed by atoms with Gasteiger partial charge in [-0.15, -0.1) is 0 Å². The molecule has 0 unspecified atom stereocenters. The van der Waals surface area contributed by atoms with Crippen LogP contribution in [0.1, 0.15) is 38.7 Å². The minimum atomic E-state index is 0.205. The van der Waals surface area contributed by atoms with Gasteiger partial charge in [0, 0.05) is 37.6 Å². The molecule has 0 spiro atoms. The molecule has 1 aromatic carbocycles. The second kappa shape index (κ2) is 7.78. The van der Waals surface area contributed by atoms with Crippen LogP contribution in [-0.2, 0) is 14.9 Å². The van der Waals surface area contributed by atoms with E-state index < -0.39 is 0 Å². The van der Waals surface area contributed by atoms with Crippen LogP contribution < -0.4 is 0 Å². The van der Waals surface area contributed by atoms with Crippen molar-refractivity contribution in [3.8, 4) is 0 Å². The number of piperidine rings is 1. The predicted octanol–water partition coefficient (Wildman–Crippen LogP) is 3.48. The lowest BCUT2D eigenvalue weighted by Crippen LogP contribution is -2.43. The molecule has 2 saturated heterocycles. The number of ether oxygens (including phenoxy) is 2. The Morgan fingerprint density at radius 1 is 1.13 bits per heavy atom. The van der Waals surface area contributed by atoms with E-state index in [1.165, 1.54) is 24.8 Å². The van der Waals surface area contributed by atoms with Gasteiger partial charge in [0.15, 0.2) is 0 Å². The van der Waals surface area contributed by atoms with E-state index in [4.69, 9.17) is 9.47 Å². The molecule has 0 N–H and O–H groups in total. The van der Waals surface area contributed by atoms with Gasteiger partial charge < -0.3 is 14.4 Å². The highest BCUT2D eigenvalue weighted by molar-refractivity contribution is 5.23. The van der Waals surface area contributed by atoms with Gasteiger partial charge >= 0.3 is 0 Å². The van der Waals surface area contributed by atoms with E-state index in [-0.39, 0.29) is 5.41 Å². The van der Waals surface area contributed by atoms with Crippen LogP contribution in [0.3, 0.4) is 0 Å². The summed E-state index contributed by atoms with van der Waals surface area (Å²) in [6, 6.07) is 10.9. The van der Waals surface area contributed by atoms with E-state index in [1.807, 2.05) is 0 Å². The molecule has 0 amide bonds. The van der Waals surface area contributed by atoms with Crippen molar-refractivity contribution >= 4 is 0 Å². The number of benzene rings is 1. The molecule has 2 aliphatic rings. The third-order valence-electron chi connectivity index (χ3n) is 5.30. The average molecular weight is 317 g/mol. The van der Waals surface area contributed by atoms with E-state index >= 15 is 0 Å². The molecule has 0 saturated carbocycles. The van der Waals surface area contributed by atoms with Gasteiger partial charge in [0.25, 0.3) is 0 Å². The maximum absolute atomic E-state index is 6.12. The molecule has 3 nitrogen and oxygen atoms in total. The van der Waals surface area contributed by atoms with Crippen molar-refractivity contribution in [3.05, 3.63) is 35.9 Å². The lowest BCUT2D eigenvalue weighted by Gasteiger charge is -2.37.